The van der Waals surface area contributed by atoms with E-state index in [1.807, 2.05) is 38.1 Å². The summed E-state index contributed by atoms with van der Waals surface area (Å²) in [5.74, 6) is 0.989. The molecule has 1 saturated carbocycles. The van der Waals surface area contributed by atoms with Gasteiger partial charge in [-0.05, 0) is 80.1 Å². The molecule has 3 heterocycles. The number of aromatic nitrogens is 2. The van der Waals surface area contributed by atoms with E-state index in [1.54, 1.807) is 6.20 Å². The minimum atomic E-state index is -1.06. The summed E-state index contributed by atoms with van der Waals surface area (Å²) in [5, 5.41) is 21.8. The first kappa shape index (κ1) is 35.1. The fourth-order valence-corrected chi connectivity index (χ4v) is 8.64. The molecule has 0 unspecified atom stereocenters. The first-order chi connectivity index (χ1) is 23.8. The Bertz CT molecular complexity index is 1710. The Balaban J connectivity index is 0.966. The van der Waals surface area contributed by atoms with Gasteiger partial charge in [-0.1, -0.05) is 27.7 Å². The second-order valence-corrected chi connectivity index (χ2v) is 15.4. The van der Waals surface area contributed by atoms with Crippen LogP contribution in [-0.2, 0) is 0 Å². The van der Waals surface area contributed by atoms with Crippen molar-refractivity contribution in [3.05, 3.63) is 76.7 Å². The van der Waals surface area contributed by atoms with Crippen molar-refractivity contribution in [1.29, 1.82) is 5.26 Å². The molecule has 0 bridgehead atoms. The minimum Gasteiger partial charge on any atom is -0.489 e. The molecule has 11 heteroatoms. The highest BCUT2D eigenvalue weighted by Crippen LogP contribution is 2.55. The first-order valence-corrected chi connectivity index (χ1v) is 17.6. The number of benzene rings is 2. The fourth-order valence-electron chi connectivity index (χ4n) is 8.64. The summed E-state index contributed by atoms with van der Waals surface area (Å²) in [6.07, 6.45) is 5.02. The Morgan fingerprint density at radius 1 is 0.920 bits per heavy atom. The number of aromatic carboxylic acids is 1. The quantitative estimate of drug-likeness (QED) is 0.306. The number of amides is 1. The van der Waals surface area contributed by atoms with E-state index in [2.05, 4.69) is 75.9 Å². The number of carbonyl (C=O) groups is 2. The Hall–Kier alpha value is -4.69. The number of carboxylic acids is 1. The Labute approximate surface area is 295 Å². The molecule has 1 aliphatic carbocycles. The summed E-state index contributed by atoms with van der Waals surface area (Å²) < 4.78 is 6.53. The smallest absolute Gasteiger partial charge is 0.356 e. The maximum atomic E-state index is 13.5. The summed E-state index contributed by atoms with van der Waals surface area (Å²) in [7, 11) is 0. The first-order valence-electron chi connectivity index (χ1n) is 17.6. The normalized spacial score (nSPS) is 21.9. The van der Waals surface area contributed by atoms with Gasteiger partial charge in [0.2, 0.25) is 0 Å². The van der Waals surface area contributed by atoms with Crippen LogP contribution in [0.4, 0.5) is 11.5 Å². The van der Waals surface area contributed by atoms with Gasteiger partial charge in [-0.3, -0.25) is 9.69 Å². The Morgan fingerprint density at radius 2 is 1.54 bits per heavy atom. The number of carbonyl (C=O) groups excluding carboxylic acids is 1. The van der Waals surface area contributed by atoms with Crippen molar-refractivity contribution in [3.63, 3.8) is 0 Å². The number of ether oxygens (including phenoxy) is 1. The van der Waals surface area contributed by atoms with Gasteiger partial charge in [0.05, 0.1) is 24.0 Å². The van der Waals surface area contributed by atoms with E-state index >= 15 is 0 Å². The number of hydrogen-bond donors (Lipinski definition) is 2. The minimum absolute atomic E-state index is 0.0369. The largest absolute Gasteiger partial charge is 0.489 e. The molecule has 3 aromatic rings. The summed E-state index contributed by atoms with van der Waals surface area (Å²) >= 11 is 0. The van der Waals surface area contributed by atoms with E-state index in [1.165, 1.54) is 6.20 Å². The van der Waals surface area contributed by atoms with Gasteiger partial charge < -0.3 is 25.0 Å². The van der Waals surface area contributed by atoms with Gasteiger partial charge in [0.1, 0.15) is 17.7 Å². The molecule has 2 N–H and O–H groups in total. The van der Waals surface area contributed by atoms with Crippen molar-refractivity contribution in [1.82, 2.24) is 20.2 Å². The summed E-state index contributed by atoms with van der Waals surface area (Å²) in [4.78, 5) is 40.0. The zero-order valence-electron chi connectivity index (χ0n) is 30.1. The molecule has 2 aliphatic heterocycles. The number of hydrogen-bond acceptors (Lipinski definition) is 9. The molecule has 1 aromatic heterocycles. The molecule has 6 rings (SSSR count). The van der Waals surface area contributed by atoms with Crippen LogP contribution in [0.3, 0.4) is 0 Å². The standard InChI is InChI=1S/C39H49N7O4/c1-25-19-30(20-26(2)31(25)21-40)50-37-38(3,4)36(39(37,5)6)43-34(47)28-7-9-29(10-8-28)45-13-11-27(12-14-45)24-44-15-17-46(18-16-44)33-23-41-32(22-42-33)35(48)49/h7-10,19-20,22-23,27,36-37H,11-18,24H2,1-6H3,(H,43,47)(H,48,49). The summed E-state index contributed by atoms with van der Waals surface area (Å²) in [6.45, 7) is 19.1. The van der Waals surface area contributed by atoms with Crippen molar-refractivity contribution in [3.8, 4) is 11.8 Å². The third-order valence-electron chi connectivity index (χ3n) is 11.2. The topological polar surface area (TPSA) is 135 Å². The molecule has 50 heavy (non-hydrogen) atoms. The monoisotopic (exact) mass is 679 g/mol. The second-order valence-electron chi connectivity index (χ2n) is 15.4. The summed E-state index contributed by atoms with van der Waals surface area (Å²) in [5.41, 5.74) is 3.67. The number of piperidine rings is 1. The van der Waals surface area contributed by atoms with Crippen molar-refractivity contribution in [2.75, 3.05) is 55.6 Å². The molecule has 3 fully saturated rings. The van der Waals surface area contributed by atoms with Gasteiger partial charge in [-0.15, -0.1) is 0 Å². The van der Waals surface area contributed by atoms with Crippen LogP contribution in [0.25, 0.3) is 0 Å². The van der Waals surface area contributed by atoms with Crippen molar-refractivity contribution >= 4 is 23.4 Å². The number of aryl methyl sites for hydroxylation is 2. The second kappa shape index (κ2) is 13.9. The lowest BCUT2D eigenvalue weighted by atomic mass is 9.49. The van der Waals surface area contributed by atoms with E-state index in [4.69, 9.17) is 9.84 Å². The predicted molar refractivity (Wildman–Crippen MR) is 193 cm³/mol. The number of nitrogens with zero attached hydrogens (tertiary/aromatic N) is 6. The molecule has 264 valence electrons. The van der Waals surface area contributed by atoms with Gasteiger partial charge in [0.15, 0.2) is 5.69 Å². The molecular formula is C39H49N7O4. The van der Waals surface area contributed by atoms with Crippen LogP contribution in [-0.4, -0.2) is 89.8 Å². The number of carboxylic acid groups (broad SMARTS) is 1. The maximum Gasteiger partial charge on any atom is 0.356 e. The molecule has 2 aromatic carbocycles. The SMILES string of the molecule is Cc1cc(OC2C(C)(C)C(NC(=O)c3ccc(N4CCC(CN5CCN(c6cnc(C(=O)O)cn6)CC5)CC4)cc3)C2(C)C)cc(C)c1C#N. The average molecular weight is 680 g/mol. The Morgan fingerprint density at radius 3 is 2.08 bits per heavy atom. The fraction of sp³-hybridized carbons (Fsp3) is 0.513. The lowest BCUT2D eigenvalue weighted by molar-refractivity contribution is -0.164. The van der Waals surface area contributed by atoms with Crippen LogP contribution >= 0.6 is 0 Å². The van der Waals surface area contributed by atoms with Crippen LogP contribution < -0.4 is 19.9 Å². The van der Waals surface area contributed by atoms with Crippen LogP contribution in [0.2, 0.25) is 0 Å². The van der Waals surface area contributed by atoms with E-state index in [-0.39, 0.29) is 34.6 Å². The van der Waals surface area contributed by atoms with E-state index in [0.717, 1.165) is 87.0 Å². The van der Waals surface area contributed by atoms with Gasteiger partial charge in [0, 0.05) is 73.9 Å². The third kappa shape index (κ3) is 6.99. The van der Waals surface area contributed by atoms with Crippen LogP contribution in [0.15, 0.2) is 48.8 Å². The van der Waals surface area contributed by atoms with Gasteiger partial charge >= 0.3 is 5.97 Å². The molecular weight excluding hydrogens is 630 g/mol. The number of nitriles is 1. The van der Waals surface area contributed by atoms with Gasteiger partial charge in [-0.25, -0.2) is 14.8 Å². The van der Waals surface area contributed by atoms with E-state index in [0.29, 0.717) is 17.0 Å². The van der Waals surface area contributed by atoms with Crippen molar-refractivity contribution in [2.24, 2.45) is 16.7 Å². The van der Waals surface area contributed by atoms with Gasteiger partial charge in [0.25, 0.3) is 5.91 Å². The highest BCUT2D eigenvalue weighted by Gasteiger charge is 2.64. The highest BCUT2D eigenvalue weighted by molar-refractivity contribution is 5.95. The van der Waals surface area contributed by atoms with Crippen molar-refractivity contribution in [2.45, 2.75) is 66.5 Å². The zero-order chi connectivity index (χ0) is 35.8. The molecule has 0 spiro atoms. The lowest BCUT2D eigenvalue weighted by Gasteiger charge is -2.63. The lowest BCUT2D eigenvalue weighted by Crippen LogP contribution is -2.74. The number of anilines is 2. The maximum absolute atomic E-state index is 13.5. The number of nitrogens with one attached hydrogen (secondary N) is 1. The molecule has 3 aliphatic rings. The molecule has 0 radical (unpaired) electrons. The number of rotatable bonds is 9. The van der Waals surface area contributed by atoms with Crippen LogP contribution in [0.5, 0.6) is 5.75 Å². The van der Waals surface area contributed by atoms with Crippen LogP contribution in [0.1, 0.15) is 78.1 Å². The molecule has 0 atom stereocenters. The van der Waals surface area contributed by atoms with E-state index in [9.17, 15) is 14.9 Å². The highest BCUT2D eigenvalue weighted by atomic mass is 16.5. The third-order valence-corrected chi connectivity index (χ3v) is 11.2. The molecule has 11 nitrogen and oxygen atoms in total. The van der Waals surface area contributed by atoms with Crippen molar-refractivity contribution < 1.29 is 19.4 Å². The summed E-state index contributed by atoms with van der Waals surface area (Å²) in [6, 6.07) is 14.1. The average Bonchev–Trinajstić information content (AvgIpc) is 3.10. The van der Waals surface area contributed by atoms with Crippen LogP contribution in [0, 0.1) is 41.9 Å². The molecule has 2 saturated heterocycles. The van der Waals surface area contributed by atoms with E-state index < -0.39 is 5.97 Å². The predicted octanol–water partition coefficient (Wildman–Crippen LogP) is 5.31. The Kier molecular flexibility index (Phi) is 9.78. The van der Waals surface area contributed by atoms with Gasteiger partial charge in [-0.2, -0.15) is 5.26 Å². The molecule has 1 amide bonds. The number of piperazine rings is 1. The zero-order valence-corrected chi connectivity index (χ0v) is 30.1.